The summed E-state index contributed by atoms with van der Waals surface area (Å²) in [6.45, 7) is 7.24. The van der Waals surface area contributed by atoms with E-state index in [1.807, 2.05) is 20.8 Å². The Kier molecular flexibility index (Phi) is 8.10. The predicted octanol–water partition coefficient (Wildman–Crippen LogP) is 3.91. The Bertz CT molecular complexity index is 900. The smallest absolute Gasteiger partial charge is 0.307 e. The Labute approximate surface area is 178 Å². The fourth-order valence-electron chi connectivity index (χ4n) is 2.19. The molecule has 8 nitrogen and oxygen atoms in total. The van der Waals surface area contributed by atoms with Crippen molar-refractivity contribution in [1.82, 2.24) is 10.2 Å². The van der Waals surface area contributed by atoms with Crippen molar-refractivity contribution >= 4 is 51.5 Å². The number of anilines is 2. The van der Waals surface area contributed by atoms with E-state index in [2.05, 4.69) is 20.8 Å². The third kappa shape index (κ3) is 7.10. The average Bonchev–Trinajstić information content (AvgIpc) is 3.11. The van der Waals surface area contributed by atoms with Crippen molar-refractivity contribution < 1.29 is 19.1 Å². The summed E-state index contributed by atoms with van der Waals surface area (Å²) in [5.41, 5.74) is 1.37. The maximum atomic E-state index is 12.2. The van der Waals surface area contributed by atoms with E-state index in [-0.39, 0.29) is 24.7 Å². The van der Waals surface area contributed by atoms with E-state index in [4.69, 9.17) is 16.3 Å². The second-order valence-electron chi connectivity index (χ2n) is 6.73. The molecule has 0 aliphatic rings. The first-order valence-corrected chi connectivity index (χ1v) is 10.2. The molecule has 0 saturated heterocycles. The van der Waals surface area contributed by atoms with Crippen LogP contribution in [0.5, 0.6) is 0 Å². The van der Waals surface area contributed by atoms with Gasteiger partial charge >= 0.3 is 5.97 Å². The molecule has 0 saturated carbocycles. The molecule has 1 heterocycles. The van der Waals surface area contributed by atoms with Gasteiger partial charge in [-0.3, -0.25) is 14.4 Å². The fraction of sp³-hybridized carbons (Fsp3) is 0.421. The normalized spacial score (nSPS) is 11.8. The lowest BCUT2D eigenvalue weighted by Crippen LogP contribution is -2.30. The van der Waals surface area contributed by atoms with Crippen molar-refractivity contribution in [1.29, 1.82) is 0 Å². The summed E-state index contributed by atoms with van der Waals surface area (Å²) in [6, 6.07) is 5.10. The van der Waals surface area contributed by atoms with E-state index >= 15 is 0 Å². The molecule has 0 fully saturated rings. The summed E-state index contributed by atoms with van der Waals surface area (Å²) < 4.78 is 5.10. The zero-order valence-corrected chi connectivity index (χ0v) is 18.2. The summed E-state index contributed by atoms with van der Waals surface area (Å²) >= 11 is 7.22. The van der Waals surface area contributed by atoms with E-state index in [1.165, 1.54) is 18.3 Å². The van der Waals surface area contributed by atoms with Crippen molar-refractivity contribution in [2.45, 2.75) is 52.6 Å². The van der Waals surface area contributed by atoms with Gasteiger partial charge in [-0.25, -0.2) is 0 Å². The van der Waals surface area contributed by atoms with Crippen LogP contribution in [0.15, 0.2) is 18.2 Å². The molecule has 0 unspecified atom stereocenters. The topological polar surface area (TPSA) is 110 Å². The molecule has 156 valence electrons. The lowest BCUT2D eigenvalue weighted by molar-refractivity contribution is -0.153. The second kappa shape index (κ2) is 10.3. The number of carbonyl (C=O) groups is 3. The number of esters is 1. The highest BCUT2D eigenvalue weighted by Crippen LogP contribution is 2.23. The molecular formula is C19H23ClN4O4S. The molecule has 2 amide bonds. The van der Waals surface area contributed by atoms with E-state index in [0.29, 0.717) is 15.8 Å². The lowest BCUT2D eigenvalue weighted by Gasteiger charge is -2.15. The van der Waals surface area contributed by atoms with Crippen LogP contribution in [0.3, 0.4) is 0 Å². The summed E-state index contributed by atoms with van der Waals surface area (Å²) in [5, 5.41) is 14.8. The Morgan fingerprint density at radius 1 is 1.14 bits per heavy atom. The van der Waals surface area contributed by atoms with Gasteiger partial charge < -0.3 is 15.4 Å². The van der Waals surface area contributed by atoms with E-state index in [1.54, 1.807) is 18.2 Å². The molecule has 2 N–H and O–H groups in total. The number of aromatic nitrogens is 2. The summed E-state index contributed by atoms with van der Waals surface area (Å²) in [6.07, 6.45) is -1.26. The Balaban J connectivity index is 1.77. The number of hydrogen-bond donors (Lipinski definition) is 2. The molecule has 0 aliphatic carbocycles. The maximum absolute atomic E-state index is 12.2. The minimum absolute atomic E-state index is 0.0861. The van der Waals surface area contributed by atoms with Crippen LogP contribution in [0.2, 0.25) is 5.02 Å². The van der Waals surface area contributed by atoms with Gasteiger partial charge in [0.05, 0.1) is 6.42 Å². The number of aryl methyl sites for hydroxylation is 1. The highest BCUT2D eigenvalue weighted by atomic mass is 35.5. The summed E-state index contributed by atoms with van der Waals surface area (Å²) in [7, 11) is 0. The largest absolute Gasteiger partial charge is 0.453 e. The number of benzene rings is 1. The SMILES string of the molecule is Cc1ccc(Cl)cc1NC(=O)[C@H](C)OC(=O)CCC(=O)Nc1nnc(C(C)C)s1. The molecule has 0 radical (unpaired) electrons. The Hall–Kier alpha value is -2.52. The lowest BCUT2D eigenvalue weighted by atomic mass is 10.2. The van der Waals surface area contributed by atoms with Gasteiger partial charge in [-0.1, -0.05) is 42.9 Å². The van der Waals surface area contributed by atoms with Crippen LogP contribution in [0, 0.1) is 6.92 Å². The van der Waals surface area contributed by atoms with Crippen molar-refractivity contribution in [3.63, 3.8) is 0 Å². The molecule has 2 aromatic rings. The number of nitrogens with zero attached hydrogens (tertiary/aromatic N) is 2. The Morgan fingerprint density at radius 2 is 1.86 bits per heavy atom. The van der Waals surface area contributed by atoms with E-state index < -0.39 is 18.0 Å². The highest BCUT2D eigenvalue weighted by Gasteiger charge is 2.19. The van der Waals surface area contributed by atoms with E-state index in [0.717, 1.165) is 10.6 Å². The first-order valence-electron chi connectivity index (χ1n) is 9.05. The van der Waals surface area contributed by atoms with Gasteiger partial charge in [0, 0.05) is 23.0 Å². The molecule has 29 heavy (non-hydrogen) atoms. The third-order valence-corrected chi connectivity index (χ3v) is 5.25. The highest BCUT2D eigenvalue weighted by molar-refractivity contribution is 7.15. The quantitative estimate of drug-likeness (QED) is 0.604. The molecule has 0 aliphatic heterocycles. The van der Waals surface area contributed by atoms with Crippen LogP contribution in [-0.2, 0) is 19.1 Å². The van der Waals surface area contributed by atoms with Gasteiger partial charge in [0.2, 0.25) is 11.0 Å². The minimum atomic E-state index is -1.01. The van der Waals surface area contributed by atoms with Gasteiger partial charge in [0.25, 0.3) is 5.91 Å². The summed E-state index contributed by atoms with van der Waals surface area (Å²) in [5.74, 6) is -1.29. The number of rotatable bonds is 8. The maximum Gasteiger partial charge on any atom is 0.307 e. The number of halogens is 1. The van der Waals surface area contributed by atoms with Gasteiger partial charge in [-0.15, -0.1) is 10.2 Å². The number of hydrogen-bond acceptors (Lipinski definition) is 7. The minimum Gasteiger partial charge on any atom is -0.453 e. The predicted molar refractivity (Wildman–Crippen MR) is 112 cm³/mol. The standard InChI is InChI=1S/C19H23ClN4O4S/c1-10(2)18-23-24-19(29-18)22-15(25)7-8-16(26)28-12(4)17(27)21-14-9-13(20)6-5-11(14)3/h5-6,9-10,12H,7-8H2,1-4H3,(H,21,27)(H,22,24,25)/t12-/m0/s1. The molecule has 1 atom stereocenters. The zero-order valence-electron chi connectivity index (χ0n) is 16.6. The van der Waals surface area contributed by atoms with Crippen molar-refractivity contribution in [2.24, 2.45) is 0 Å². The Morgan fingerprint density at radius 3 is 2.52 bits per heavy atom. The van der Waals surface area contributed by atoms with Gasteiger partial charge in [0.1, 0.15) is 5.01 Å². The molecule has 10 heteroatoms. The van der Waals surface area contributed by atoms with Crippen molar-refractivity contribution in [3.05, 3.63) is 33.8 Å². The van der Waals surface area contributed by atoms with Crippen LogP contribution in [-0.4, -0.2) is 34.1 Å². The zero-order chi connectivity index (χ0) is 21.6. The van der Waals surface area contributed by atoms with Crippen LogP contribution in [0.4, 0.5) is 10.8 Å². The third-order valence-electron chi connectivity index (χ3n) is 3.87. The number of carbonyl (C=O) groups excluding carboxylic acids is 3. The molecule has 1 aromatic carbocycles. The van der Waals surface area contributed by atoms with Crippen LogP contribution in [0.1, 0.15) is 50.1 Å². The molecule has 2 rings (SSSR count). The number of amides is 2. The van der Waals surface area contributed by atoms with Crippen LogP contribution >= 0.6 is 22.9 Å². The average molecular weight is 439 g/mol. The first kappa shape index (κ1) is 22.8. The molecule has 1 aromatic heterocycles. The number of nitrogens with one attached hydrogen (secondary N) is 2. The van der Waals surface area contributed by atoms with E-state index in [9.17, 15) is 14.4 Å². The van der Waals surface area contributed by atoms with Gasteiger partial charge in [-0.05, 0) is 31.5 Å². The van der Waals surface area contributed by atoms with Crippen LogP contribution < -0.4 is 10.6 Å². The van der Waals surface area contributed by atoms with Gasteiger partial charge in [0.15, 0.2) is 6.10 Å². The number of ether oxygens (including phenoxy) is 1. The monoisotopic (exact) mass is 438 g/mol. The molecular weight excluding hydrogens is 416 g/mol. The van der Waals surface area contributed by atoms with Crippen molar-refractivity contribution in [2.75, 3.05) is 10.6 Å². The van der Waals surface area contributed by atoms with Gasteiger partial charge in [-0.2, -0.15) is 0 Å². The van der Waals surface area contributed by atoms with Crippen molar-refractivity contribution in [3.8, 4) is 0 Å². The molecule has 0 spiro atoms. The molecule has 0 bridgehead atoms. The fourth-order valence-corrected chi connectivity index (χ4v) is 3.12. The first-order chi connectivity index (χ1) is 13.7. The summed E-state index contributed by atoms with van der Waals surface area (Å²) in [4.78, 5) is 36.1. The second-order valence-corrected chi connectivity index (χ2v) is 8.17. The van der Waals surface area contributed by atoms with Crippen LogP contribution in [0.25, 0.3) is 0 Å².